The lowest BCUT2D eigenvalue weighted by Crippen LogP contribution is -2.39. The topological polar surface area (TPSA) is 90.3 Å². The molecule has 1 unspecified atom stereocenters. The molecule has 2 aliphatic carbocycles. The molecular weight excluding hydrogens is 481 g/mol. The monoisotopic (exact) mass is 505 g/mol. The Balaban J connectivity index is 1.55. The zero-order valence-electron chi connectivity index (χ0n) is 18.2. The van der Waals surface area contributed by atoms with E-state index in [2.05, 4.69) is 5.32 Å². The van der Waals surface area contributed by atoms with E-state index < -0.39 is 67.9 Å². The van der Waals surface area contributed by atoms with E-state index >= 15 is 0 Å². The second kappa shape index (κ2) is 8.36. The van der Waals surface area contributed by atoms with Crippen LogP contribution in [0.3, 0.4) is 0 Å². The van der Waals surface area contributed by atoms with E-state index in [1.54, 1.807) is 0 Å². The Hall–Kier alpha value is -2.42. The number of sulfone groups is 1. The highest BCUT2D eigenvalue weighted by Gasteiger charge is 2.48. The summed E-state index contributed by atoms with van der Waals surface area (Å²) < 4.78 is 94.9. The summed E-state index contributed by atoms with van der Waals surface area (Å²) >= 11 is 0. The first kappa shape index (κ1) is 24.7. The van der Waals surface area contributed by atoms with Crippen molar-refractivity contribution >= 4 is 21.4 Å². The smallest absolute Gasteiger partial charge is 0.371 e. The number of benzene rings is 1. The summed E-state index contributed by atoms with van der Waals surface area (Å²) in [6.07, 6.45) is -4.84. The van der Waals surface area contributed by atoms with Gasteiger partial charge in [0.05, 0.1) is 21.8 Å². The van der Waals surface area contributed by atoms with Gasteiger partial charge in [0.25, 0.3) is 5.92 Å². The number of halogens is 5. The van der Waals surface area contributed by atoms with Crippen LogP contribution in [-0.4, -0.2) is 44.1 Å². The molecule has 3 fully saturated rings. The fraction of sp³-hybridized carbons (Fsp3) is 0.636. The van der Waals surface area contributed by atoms with Crippen LogP contribution < -0.4 is 10.2 Å². The van der Waals surface area contributed by atoms with Crippen LogP contribution in [0.15, 0.2) is 23.1 Å². The maximum absolute atomic E-state index is 13.9. The summed E-state index contributed by atoms with van der Waals surface area (Å²) in [4.78, 5) is 13.0. The minimum atomic E-state index is -4.97. The molecule has 0 aromatic heterocycles. The number of nitrogens with one attached hydrogen (secondary N) is 1. The van der Waals surface area contributed by atoms with Crippen LogP contribution in [0.4, 0.5) is 27.6 Å². The summed E-state index contributed by atoms with van der Waals surface area (Å²) in [5.41, 5.74) is -2.21. The van der Waals surface area contributed by atoms with E-state index in [4.69, 9.17) is 5.26 Å². The lowest BCUT2D eigenvalue weighted by Gasteiger charge is -2.34. The Labute approximate surface area is 194 Å². The molecule has 12 heteroatoms. The van der Waals surface area contributed by atoms with Crippen LogP contribution in [0.25, 0.3) is 0 Å². The fourth-order valence-electron chi connectivity index (χ4n) is 4.64. The van der Waals surface area contributed by atoms with Gasteiger partial charge in [-0.15, -0.1) is 0 Å². The molecule has 2 saturated carbocycles. The molecule has 0 radical (unpaired) electrons. The molecule has 1 aromatic carbocycles. The number of carbonyl (C=O) groups is 1. The number of nitriles is 1. The minimum Gasteiger partial charge on any atom is -0.371 e. The van der Waals surface area contributed by atoms with Crippen molar-refractivity contribution in [3.63, 3.8) is 0 Å². The van der Waals surface area contributed by atoms with Crippen molar-refractivity contribution in [2.45, 2.75) is 72.7 Å². The van der Waals surface area contributed by atoms with Gasteiger partial charge in [-0.3, -0.25) is 4.79 Å². The lowest BCUT2D eigenvalue weighted by molar-refractivity contribution is -0.139. The van der Waals surface area contributed by atoms with Crippen LogP contribution in [0, 0.1) is 17.2 Å². The van der Waals surface area contributed by atoms with E-state index in [0.717, 1.165) is 6.07 Å². The molecule has 4 rings (SSSR count). The summed E-state index contributed by atoms with van der Waals surface area (Å²) in [6.45, 7) is -0.278. The minimum absolute atomic E-state index is 0.0280. The van der Waals surface area contributed by atoms with Crippen molar-refractivity contribution in [1.29, 1.82) is 5.26 Å². The first-order chi connectivity index (χ1) is 15.8. The number of carbonyl (C=O) groups excluding carboxylic acids is 1. The standard InChI is InChI=1S/C22H24F5N3O3S/c23-21(24)7-9-30(10-8-21)15-2-4-18(17(12-15)22(25,26)27)34(32,33)16-3-1-14(11-16)19(31)29-20(13-28)5-6-20/h2,4,12,14,16H,1,3,5-11H2,(H,29,31)/t14?,16-/m1/s1. The quantitative estimate of drug-likeness (QED) is 0.610. The van der Waals surface area contributed by atoms with Crippen molar-refractivity contribution in [2.75, 3.05) is 18.0 Å². The van der Waals surface area contributed by atoms with E-state index in [1.165, 1.54) is 11.0 Å². The molecule has 2 atom stereocenters. The SMILES string of the molecule is N#CC1(NC(=O)C2CC[C@@H](S(=O)(=O)c3ccc(N4CCC(F)(F)CC4)cc3C(F)(F)F)C2)CC1. The Bertz CT molecular complexity index is 1120. The highest BCUT2D eigenvalue weighted by Crippen LogP contribution is 2.42. The Morgan fingerprint density at radius 3 is 2.32 bits per heavy atom. The molecule has 3 aliphatic rings. The van der Waals surface area contributed by atoms with Crippen molar-refractivity contribution in [1.82, 2.24) is 5.32 Å². The van der Waals surface area contributed by atoms with Crippen molar-refractivity contribution in [3.05, 3.63) is 23.8 Å². The number of nitrogens with zero attached hydrogens (tertiary/aromatic N) is 2. The first-order valence-corrected chi connectivity index (χ1v) is 12.6. The number of anilines is 1. The highest BCUT2D eigenvalue weighted by atomic mass is 32.2. The number of alkyl halides is 5. The zero-order chi connectivity index (χ0) is 24.9. The van der Waals surface area contributed by atoms with Crippen LogP contribution in [0.1, 0.15) is 50.5 Å². The zero-order valence-corrected chi connectivity index (χ0v) is 19.0. The Kier molecular flexibility index (Phi) is 6.07. The summed E-state index contributed by atoms with van der Waals surface area (Å²) in [5, 5.41) is 10.6. The number of piperidine rings is 1. The molecule has 0 spiro atoms. The van der Waals surface area contributed by atoms with Gasteiger partial charge in [-0.05, 0) is 50.3 Å². The van der Waals surface area contributed by atoms with E-state index in [0.29, 0.717) is 18.9 Å². The van der Waals surface area contributed by atoms with Gasteiger partial charge in [0, 0.05) is 37.5 Å². The second-order valence-corrected chi connectivity index (χ2v) is 11.6. The molecule has 1 N–H and O–H groups in total. The molecule has 6 nitrogen and oxygen atoms in total. The predicted octanol–water partition coefficient (Wildman–Crippen LogP) is 4.06. The van der Waals surface area contributed by atoms with Crippen molar-refractivity contribution in [2.24, 2.45) is 5.92 Å². The second-order valence-electron chi connectivity index (χ2n) is 9.38. The number of amides is 1. The third kappa shape index (κ3) is 4.85. The molecule has 1 aromatic rings. The normalized spacial score (nSPS) is 26.1. The molecule has 186 valence electrons. The van der Waals surface area contributed by atoms with Gasteiger partial charge in [0.15, 0.2) is 9.84 Å². The Morgan fingerprint density at radius 1 is 1.12 bits per heavy atom. The summed E-state index contributed by atoms with van der Waals surface area (Å²) in [7, 11) is -4.42. The lowest BCUT2D eigenvalue weighted by atomic mass is 10.1. The average Bonchev–Trinajstić information content (AvgIpc) is 3.34. The molecule has 0 bridgehead atoms. The maximum Gasteiger partial charge on any atom is 0.417 e. The van der Waals surface area contributed by atoms with Crippen molar-refractivity contribution < 1.29 is 35.2 Å². The average molecular weight is 506 g/mol. The van der Waals surface area contributed by atoms with Gasteiger partial charge in [0.1, 0.15) is 5.54 Å². The summed E-state index contributed by atoms with van der Waals surface area (Å²) in [6, 6.07) is 4.83. The van der Waals surface area contributed by atoms with E-state index in [9.17, 15) is 35.2 Å². The van der Waals surface area contributed by atoms with Crippen LogP contribution in [-0.2, 0) is 20.8 Å². The molecule has 34 heavy (non-hydrogen) atoms. The van der Waals surface area contributed by atoms with Gasteiger partial charge in [-0.25, -0.2) is 17.2 Å². The molecule has 1 saturated heterocycles. The number of hydrogen-bond donors (Lipinski definition) is 1. The Morgan fingerprint density at radius 2 is 1.76 bits per heavy atom. The molecule has 1 aliphatic heterocycles. The van der Waals surface area contributed by atoms with Gasteiger partial charge >= 0.3 is 6.18 Å². The van der Waals surface area contributed by atoms with Gasteiger partial charge in [0.2, 0.25) is 5.91 Å². The molecule has 1 heterocycles. The van der Waals surface area contributed by atoms with E-state index in [-0.39, 0.29) is 38.0 Å². The molecular formula is C22H24F5N3O3S. The van der Waals surface area contributed by atoms with Gasteiger partial charge in [-0.2, -0.15) is 18.4 Å². The third-order valence-corrected chi connectivity index (χ3v) is 9.23. The summed E-state index contributed by atoms with van der Waals surface area (Å²) in [5.74, 6) is -4.02. The third-order valence-electron chi connectivity index (χ3n) is 6.96. The van der Waals surface area contributed by atoms with Gasteiger partial charge in [-0.1, -0.05) is 0 Å². The van der Waals surface area contributed by atoms with Crippen molar-refractivity contribution in [3.8, 4) is 6.07 Å². The van der Waals surface area contributed by atoms with Gasteiger partial charge < -0.3 is 10.2 Å². The fourth-order valence-corrected chi connectivity index (χ4v) is 6.67. The van der Waals surface area contributed by atoms with Crippen LogP contribution in [0.2, 0.25) is 0 Å². The van der Waals surface area contributed by atoms with Crippen LogP contribution in [0.5, 0.6) is 0 Å². The van der Waals surface area contributed by atoms with E-state index in [1.807, 2.05) is 6.07 Å². The largest absolute Gasteiger partial charge is 0.417 e. The van der Waals surface area contributed by atoms with Crippen LogP contribution >= 0.6 is 0 Å². The molecule has 1 amide bonds. The highest BCUT2D eigenvalue weighted by molar-refractivity contribution is 7.92. The number of rotatable bonds is 5. The maximum atomic E-state index is 13.9. The first-order valence-electron chi connectivity index (χ1n) is 11.1. The number of hydrogen-bond acceptors (Lipinski definition) is 5. The predicted molar refractivity (Wildman–Crippen MR) is 112 cm³/mol.